The smallest absolute Gasteiger partial charge is 0.258 e. The number of pyridine rings is 1. The minimum Gasteiger partial charge on any atom is -0.378 e. The molecule has 1 aliphatic heterocycles. The molecule has 9 heteroatoms. The first kappa shape index (κ1) is 20.7. The number of anilines is 1. The molecule has 0 saturated carbocycles. The van der Waals surface area contributed by atoms with Gasteiger partial charge in [-0.3, -0.25) is 13.8 Å². The molecule has 1 fully saturated rings. The number of thioether (sulfide) groups is 1. The number of hydrogen-bond acceptors (Lipinski definition) is 7. The van der Waals surface area contributed by atoms with Crippen molar-refractivity contribution in [1.82, 2.24) is 24.1 Å². The summed E-state index contributed by atoms with van der Waals surface area (Å²) in [7, 11) is 0. The fourth-order valence-electron chi connectivity index (χ4n) is 3.87. The van der Waals surface area contributed by atoms with Gasteiger partial charge in [-0.25, -0.2) is 4.98 Å². The molecule has 0 aliphatic carbocycles. The van der Waals surface area contributed by atoms with Crippen molar-refractivity contribution in [3.63, 3.8) is 0 Å². The van der Waals surface area contributed by atoms with Crippen LogP contribution in [0, 0.1) is 13.8 Å². The predicted molar refractivity (Wildman–Crippen MR) is 125 cm³/mol. The van der Waals surface area contributed by atoms with Crippen LogP contribution < -0.4 is 10.5 Å². The Morgan fingerprint density at radius 1 is 1.03 bits per heavy atom. The fraction of sp³-hybridized carbons (Fsp3) is 0.304. The van der Waals surface area contributed by atoms with Crippen LogP contribution >= 0.6 is 11.8 Å². The Balaban J connectivity index is 1.51. The molecule has 0 amide bonds. The molecule has 1 aliphatic rings. The van der Waals surface area contributed by atoms with E-state index in [1.165, 1.54) is 11.8 Å². The Morgan fingerprint density at radius 2 is 1.81 bits per heavy atom. The van der Waals surface area contributed by atoms with E-state index in [0.29, 0.717) is 24.6 Å². The molecule has 0 N–H and O–H groups in total. The fourth-order valence-corrected chi connectivity index (χ4v) is 4.70. The molecular formula is C23H24N6O2S. The van der Waals surface area contributed by atoms with Gasteiger partial charge in [0.1, 0.15) is 5.65 Å². The number of ether oxygens (including phenoxy) is 1. The Bertz CT molecular complexity index is 1330. The van der Waals surface area contributed by atoms with E-state index in [0.717, 1.165) is 46.7 Å². The number of aryl methyl sites for hydroxylation is 2. The Labute approximate surface area is 189 Å². The highest BCUT2D eigenvalue weighted by atomic mass is 32.2. The second kappa shape index (κ2) is 8.76. The first-order chi connectivity index (χ1) is 15.6. The van der Waals surface area contributed by atoms with Crippen molar-refractivity contribution in [2.45, 2.75) is 24.8 Å². The average Bonchev–Trinajstić information content (AvgIpc) is 3.23. The number of rotatable bonds is 5. The first-order valence-corrected chi connectivity index (χ1v) is 11.6. The van der Waals surface area contributed by atoms with Gasteiger partial charge in [0.05, 0.1) is 24.6 Å². The highest BCUT2D eigenvalue weighted by Crippen LogP contribution is 2.30. The molecule has 3 aromatic heterocycles. The summed E-state index contributed by atoms with van der Waals surface area (Å²) in [4.78, 5) is 19.5. The summed E-state index contributed by atoms with van der Waals surface area (Å²) in [5.74, 6) is 1.33. The van der Waals surface area contributed by atoms with Gasteiger partial charge in [-0.1, -0.05) is 36.0 Å². The van der Waals surface area contributed by atoms with Crippen molar-refractivity contribution in [3.05, 3.63) is 75.8 Å². The Morgan fingerprint density at radius 3 is 2.62 bits per heavy atom. The quantitative estimate of drug-likeness (QED) is 0.434. The highest BCUT2D eigenvalue weighted by molar-refractivity contribution is 7.98. The van der Waals surface area contributed by atoms with Crippen LogP contribution in [-0.4, -0.2) is 50.5 Å². The van der Waals surface area contributed by atoms with Gasteiger partial charge in [0.25, 0.3) is 5.56 Å². The molecule has 8 nitrogen and oxygen atoms in total. The number of aromatic nitrogens is 5. The predicted octanol–water partition coefficient (Wildman–Crippen LogP) is 3.02. The molecule has 4 heterocycles. The number of hydrogen-bond donors (Lipinski definition) is 0. The summed E-state index contributed by atoms with van der Waals surface area (Å²) in [5.41, 5.74) is 4.48. The number of fused-ring (bicyclic) bond motifs is 1. The van der Waals surface area contributed by atoms with Crippen LogP contribution in [0.2, 0.25) is 0 Å². The third-order valence-corrected chi connectivity index (χ3v) is 6.52. The van der Waals surface area contributed by atoms with Gasteiger partial charge in [-0.15, -0.1) is 10.2 Å². The van der Waals surface area contributed by atoms with Gasteiger partial charge < -0.3 is 9.64 Å². The van der Waals surface area contributed by atoms with Crippen LogP contribution in [-0.2, 0) is 10.5 Å². The van der Waals surface area contributed by atoms with E-state index >= 15 is 0 Å². The standard InChI is InChI=1S/C23H24N6O2S/c1-16-6-3-4-8-19(16)29-22(27-10-12-31-13-11-27)25-26-23(29)32-15-18-14-20(30)28-9-5-7-17(2)21(28)24-18/h3-9,14H,10-13,15H2,1-2H3. The highest BCUT2D eigenvalue weighted by Gasteiger charge is 2.22. The van der Waals surface area contributed by atoms with Crippen LogP contribution in [0.1, 0.15) is 16.8 Å². The van der Waals surface area contributed by atoms with Crippen molar-refractivity contribution >= 4 is 23.4 Å². The molecule has 32 heavy (non-hydrogen) atoms. The lowest BCUT2D eigenvalue weighted by atomic mass is 10.2. The molecule has 1 aromatic carbocycles. The lowest BCUT2D eigenvalue weighted by Gasteiger charge is -2.28. The molecule has 0 radical (unpaired) electrons. The molecule has 0 unspecified atom stereocenters. The third-order valence-electron chi connectivity index (χ3n) is 5.55. The second-order valence-corrected chi connectivity index (χ2v) is 8.71. The van der Waals surface area contributed by atoms with Crippen molar-refractivity contribution in [3.8, 4) is 5.69 Å². The number of benzene rings is 1. The molecule has 0 bridgehead atoms. The SMILES string of the molecule is Cc1ccccc1-n1c(SCc2cc(=O)n3cccc(C)c3n2)nnc1N1CCOCC1. The molecule has 5 rings (SSSR count). The van der Waals surface area contributed by atoms with E-state index in [4.69, 9.17) is 9.72 Å². The number of nitrogens with zero attached hydrogens (tertiary/aromatic N) is 6. The Kier molecular flexibility index (Phi) is 5.67. The normalized spacial score (nSPS) is 14.2. The van der Waals surface area contributed by atoms with Crippen molar-refractivity contribution in [2.24, 2.45) is 0 Å². The second-order valence-electron chi connectivity index (χ2n) is 7.76. The monoisotopic (exact) mass is 448 g/mol. The average molecular weight is 449 g/mol. The molecule has 164 valence electrons. The van der Waals surface area contributed by atoms with Crippen LogP contribution in [0.4, 0.5) is 5.95 Å². The van der Waals surface area contributed by atoms with E-state index < -0.39 is 0 Å². The van der Waals surface area contributed by atoms with Gasteiger partial charge in [-0.05, 0) is 37.1 Å². The largest absolute Gasteiger partial charge is 0.378 e. The van der Waals surface area contributed by atoms with Gasteiger partial charge in [0.15, 0.2) is 5.16 Å². The maximum Gasteiger partial charge on any atom is 0.258 e. The van der Waals surface area contributed by atoms with Crippen molar-refractivity contribution in [1.29, 1.82) is 0 Å². The lowest BCUT2D eigenvalue weighted by Crippen LogP contribution is -2.38. The van der Waals surface area contributed by atoms with Crippen molar-refractivity contribution < 1.29 is 4.74 Å². The van der Waals surface area contributed by atoms with Crippen LogP contribution in [0.25, 0.3) is 11.3 Å². The van der Waals surface area contributed by atoms with E-state index in [2.05, 4.69) is 38.7 Å². The summed E-state index contributed by atoms with van der Waals surface area (Å²) in [5, 5.41) is 9.81. The molecule has 1 saturated heterocycles. The minimum absolute atomic E-state index is 0.0799. The molecule has 0 spiro atoms. The molecule has 4 aromatic rings. The summed E-state index contributed by atoms with van der Waals surface area (Å²) < 4.78 is 9.20. The van der Waals surface area contributed by atoms with Gasteiger partial charge >= 0.3 is 0 Å². The zero-order valence-corrected chi connectivity index (χ0v) is 18.9. The van der Waals surface area contributed by atoms with E-state index in [1.807, 2.05) is 31.2 Å². The number of para-hydroxylation sites is 1. The van der Waals surface area contributed by atoms with E-state index in [-0.39, 0.29) is 5.56 Å². The topological polar surface area (TPSA) is 77.5 Å². The zero-order chi connectivity index (χ0) is 22.1. The van der Waals surface area contributed by atoms with Gasteiger partial charge in [0, 0.05) is 31.1 Å². The molecule has 0 atom stereocenters. The van der Waals surface area contributed by atoms with E-state index in [1.54, 1.807) is 16.7 Å². The number of morpholine rings is 1. The van der Waals surface area contributed by atoms with E-state index in [9.17, 15) is 4.79 Å². The lowest BCUT2D eigenvalue weighted by molar-refractivity contribution is 0.122. The maximum atomic E-state index is 12.6. The van der Waals surface area contributed by atoms with Crippen LogP contribution in [0.5, 0.6) is 0 Å². The van der Waals surface area contributed by atoms with Crippen LogP contribution in [0.3, 0.4) is 0 Å². The minimum atomic E-state index is -0.0799. The first-order valence-electron chi connectivity index (χ1n) is 10.6. The third kappa shape index (κ3) is 3.89. The summed E-state index contributed by atoms with van der Waals surface area (Å²) in [6.07, 6.45) is 1.75. The molecular weight excluding hydrogens is 424 g/mol. The van der Waals surface area contributed by atoms with Gasteiger partial charge in [0.2, 0.25) is 5.95 Å². The van der Waals surface area contributed by atoms with Crippen LogP contribution in [0.15, 0.2) is 58.6 Å². The van der Waals surface area contributed by atoms with Crippen molar-refractivity contribution in [2.75, 3.05) is 31.2 Å². The summed E-state index contributed by atoms with van der Waals surface area (Å²) in [6, 6.07) is 13.6. The summed E-state index contributed by atoms with van der Waals surface area (Å²) >= 11 is 1.53. The Hall–Kier alpha value is -3.17. The maximum absolute atomic E-state index is 12.6. The van der Waals surface area contributed by atoms with Gasteiger partial charge in [-0.2, -0.15) is 0 Å². The summed E-state index contributed by atoms with van der Waals surface area (Å²) in [6.45, 7) is 6.94. The zero-order valence-electron chi connectivity index (χ0n) is 18.1.